The zero-order valence-electron chi connectivity index (χ0n) is 12.9. The van der Waals surface area contributed by atoms with E-state index in [1.165, 1.54) is 18.2 Å². The number of rotatable bonds is 5. The van der Waals surface area contributed by atoms with Gasteiger partial charge in [0, 0.05) is 24.8 Å². The quantitative estimate of drug-likeness (QED) is 0.881. The Balaban J connectivity index is 1.93. The number of hydrogen-bond acceptors (Lipinski definition) is 3. The average molecular weight is 305 g/mol. The van der Waals surface area contributed by atoms with Gasteiger partial charge in [0.25, 0.3) is 0 Å². The average Bonchev–Trinajstić information content (AvgIpc) is 2.71. The van der Waals surface area contributed by atoms with Gasteiger partial charge in [-0.15, -0.1) is 0 Å². The maximum atomic E-state index is 13.1. The first-order valence-electron chi connectivity index (χ1n) is 7.07. The SMILES string of the molecule is Cc1nn(C)c(C)c1CC(=O)NC[C@H](O)c1cccc(F)c1. The van der Waals surface area contributed by atoms with Gasteiger partial charge in [-0.25, -0.2) is 4.39 Å². The number of nitrogens with zero attached hydrogens (tertiary/aromatic N) is 2. The van der Waals surface area contributed by atoms with Crippen LogP contribution >= 0.6 is 0 Å². The molecule has 0 saturated heterocycles. The molecule has 1 aromatic carbocycles. The first kappa shape index (κ1) is 16.2. The Kier molecular flexibility index (Phi) is 4.92. The Hall–Kier alpha value is -2.21. The van der Waals surface area contributed by atoms with Crippen LogP contribution in [0.15, 0.2) is 24.3 Å². The highest BCUT2D eigenvalue weighted by Crippen LogP contribution is 2.14. The van der Waals surface area contributed by atoms with Crippen molar-refractivity contribution < 1.29 is 14.3 Å². The zero-order chi connectivity index (χ0) is 16.3. The van der Waals surface area contributed by atoms with Crippen LogP contribution in [-0.4, -0.2) is 27.3 Å². The van der Waals surface area contributed by atoms with Gasteiger partial charge in [-0.1, -0.05) is 12.1 Å². The molecule has 0 aliphatic heterocycles. The minimum absolute atomic E-state index is 0.0423. The molecule has 1 aromatic heterocycles. The topological polar surface area (TPSA) is 67.2 Å². The van der Waals surface area contributed by atoms with Gasteiger partial charge in [-0.05, 0) is 31.5 Å². The van der Waals surface area contributed by atoms with E-state index in [1.54, 1.807) is 10.7 Å². The smallest absolute Gasteiger partial charge is 0.224 e. The molecule has 5 nitrogen and oxygen atoms in total. The number of amides is 1. The van der Waals surface area contributed by atoms with E-state index in [1.807, 2.05) is 20.9 Å². The number of aryl methyl sites for hydroxylation is 2. The van der Waals surface area contributed by atoms with E-state index in [2.05, 4.69) is 10.4 Å². The lowest BCUT2D eigenvalue weighted by Crippen LogP contribution is -2.30. The molecular weight excluding hydrogens is 285 g/mol. The van der Waals surface area contributed by atoms with Crippen molar-refractivity contribution in [3.8, 4) is 0 Å². The van der Waals surface area contributed by atoms with E-state index < -0.39 is 11.9 Å². The molecule has 0 radical (unpaired) electrons. The van der Waals surface area contributed by atoms with Gasteiger partial charge in [-0.3, -0.25) is 9.48 Å². The lowest BCUT2D eigenvalue weighted by Gasteiger charge is -2.12. The first-order chi connectivity index (χ1) is 10.4. The van der Waals surface area contributed by atoms with Crippen LogP contribution in [0.1, 0.15) is 28.6 Å². The highest BCUT2D eigenvalue weighted by Gasteiger charge is 2.15. The van der Waals surface area contributed by atoms with Gasteiger partial charge >= 0.3 is 0 Å². The molecule has 2 rings (SSSR count). The fourth-order valence-corrected chi connectivity index (χ4v) is 2.34. The number of hydrogen-bond donors (Lipinski definition) is 2. The molecule has 2 N–H and O–H groups in total. The van der Waals surface area contributed by atoms with Crippen LogP contribution < -0.4 is 5.32 Å². The van der Waals surface area contributed by atoms with E-state index in [0.29, 0.717) is 5.56 Å². The van der Waals surface area contributed by atoms with Gasteiger partial charge < -0.3 is 10.4 Å². The predicted molar refractivity (Wildman–Crippen MR) is 80.8 cm³/mol. The number of benzene rings is 1. The van der Waals surface area contributed by atoms with Crippen molar-refractivity contribution in [2.75, 3.05) is 6.54 Å². The normalized spacial score (nSPS) is 12.2. The molecule has 22 heavy (non-hydrogen) atoms. The Bertz CT molecular complexity index is 682. The number of aromatic nitrogens is 2. The predicted octanol–water partition coefficient (Wildman–Crippen LogP) is 1.57. The summed E-state index contributed by atoms with van der Waals surface area (Å²) < 4.78 is 14.8. The van der Waals surface area contributed by atoms with Gasteiger partial charge in [0.1, 0.15) is 5.82 Å². The monoisotopic (exact) mass is 305 g/mol. The second-order valence-corrected chi connectivity index (χ2v) is 5.32. The Morgan fingerprint density at radius 1 is 1.45 bits per heavy atom. The first-order valence-corrected chi connectivity index (χ1v) is 7.07. The number of nitrogens with one attached hydrogen (secondary N) is 1. The second-order valence-electron chi connectivity index (χ2n) is 5.32. The fourth-order valence-electron chi connectivity index (χ4n) is 2.34. The van der Waals surface area contributed by atoms with Crippen LogP contribution in [0.4, 0.5) is 4.39 Å². The standard InChI is InChI=1S/C16H20FN3O2/c1-10-14(11(2)20(3)19-10)8-16(22)18-9-15(21)12-5-4-6-13(17)7-12/h4-7,15,21H,8-9H2,1-3H3,(H,18,22)/t15-/m0/s1. The second kappa shape index (κ2) is 6.70. The van der Waals surface area contributed by atoms with E-state index >= 15 is 0 Å². The Labute approximate surface area is 128 Å². The van der Waals surface area contributed by atoms with E-state index in [0.717, 1.165) is 17.0 Å². The molecule has 1 heterocycles. The van der Waals surface area contributed by atoms with Crippen LogP contribution in [0, 0.1) is 19.7 Å². The third-order valence-electron chi connectivity index (χ3n) is 3.72. The molecule has 0 unspecified atom stereocenters. The molecule has 0 bridgehead atoms. The molecular formula is C16H20FN3O2. The number of carbonyl (C=O) groups excluding carboxylic acids is 1. The lowest BCUT2D eigenvalue weighted by molar-refractivity contribution is -0.120. The minimum Gasteiger partial charge on any atom is -0.387 e. The van der Waals surface area contributed by atoms with Crippen molar-refractivity contribution in [1.29, 1.82) is 0 Å². The maximum Gasteiger partial charge on any atom is 0.224 e. The molecule has 0 aliphatic rings. The van der Waals surface area contributed by atoms with Crippen molar-refractivity contribution >= 4 is 5.91 Å². The summed E-state index contributed by atoms with van der Waals surface area (Å²) in [7, 11) is 1.83. The third kappa shape index (κ3) is 3.71. The summed E-state index contributed by atoms with van der Waals surface area (Å²) in [5, 5.41) is 16.9. The summed E-state index contributed by atoms with van der Waals surface area (Å²) in [5.41, 5.74) is 3.09. The number of halogens is 1. The van der Waals surface area contributed by atoms with Crippen LogP contribution in [-0.2, 0) is 18.3 Å². The van der Waals surface area contributed by atoms with Gasteiger partial charge in [-0.2, -0.15) is 5.10 Å². The maximum absolute atomic E-state index is 13.1. The van der Waals surface area contributed by atoms with Crippen molar-refractivity contribution in [3.05, 3.63) is 52.6 Å². The molecule has 1 atom stereocenters. The van der Waals surface area contributed by atoms with Crippen LogP contribution in [0.3, 0.4) is 0 Å². The van der Waals surface area contributed by atoms with Crippen LogP contribution in [0.25, 0.3) is 0 Å². The van der Waals surface area contributed by atoms with Crippen LogP contribution in [0.5, 0.6) is 0 Å². The zero-order valence-corrected chi connectivity index (χ0v) is 12.9. The molecule has 6 heteroatoms. The molecule has 118 valence electrons. The Morgan fingerprint density at radius 3 is 2.77 bits per heavy atom. The number of aliphatic hydroxyl groups is 1. The fraction of sp³-hybridized carbons (Fsp3) is 0.375. The molecule has 0 saturated carbocycles. The molecule has 0 aliphatic carbocycles. The highest BCUT2D eigenvalue weighted by atomic mass is 19.1. The summed E-state index contributed by atoms with van der Waals surface area (Å²) in [5.74, 6) is -0.612. The van der Waals surface area contributed by atoms with E-state index in [-0.39, 0.29) is 18.9 Å². The molecule has 0 spiro atoms. The van der Waals surface area contributed by atoms with Crippen molar-refractivity contribution in [2.24, 2.45) is 7.05 Å². The summed E-state index contributed by atoms with van der Waals surface area (Å²) >= 11 is 0. The lowest BCUT2D eigenvalue weighted by atomic mass is 10.1. The summed E-state index contributed by atoms with van der Waals surface area (Å²) in [6, 6.07) is 5.71. The van der Waals surface area contributed by atoms with Gasteiger partial charge in [0.2, 0.25) is 5.91 Å². The highest BCUT2D eigenvalue weighted by molar-refractivity contribution is 5.79. The largest absolute Gasteiger partial charge is 0.387 e. The minimum atomic E-state index is -0.934. The van der Waals surface area contributed by atoms with Crippen molar-refractivity contribution in [1.82, 2.24) is 15.1 Å². The molecule has 1 amide bonds. The Morgan fingerprint density at radius 2 is 2.18 bits per heavy atom. The third-order valence-corrected chi connectivity index (χ3v) is 3.72. The summed E-state index contributed by atoms with van der Waals surface area (Å²) in [6.45, 7) is 3.81. The number of aliphatic hydroxyl groups excluding tert-OH is 1. The summed E-state index contributed by atoms with van der Waals surface area (Å²) in [4.78, 5) is 12.0. The molecule has 0 fully saturated rings. The number of carbonyl (C=O) groups is 1. The van der Waals surface area contributed by atoms with Crippen molar-refractivity contribution in [3.63, 3.8) is 0 Å². The van der Waals surface area contributed by atoms with E-state index in [9.17, 15) is 14.3 Å². The van der Waals surface area contributed by atoms with E-state index in [4.69, 9.17) is 0 Å². The summed E-state index contributed by atoms with van der Waals surface area (Å²) in [6.07, 6.45) is -0.725. The van der Waals surface area contributed by atoms with Gasteiger partial charge in [0.15, 0.2) is 0 Å². The van der Waals surface area contributed by atoms with Gasteiger partial charge in [0.05, 0.1) is 18.2 Å². The van der Waals surface area contributed by atoms with Crippen LogP contribution in [0.2, 0.25) is 0 Å². The van der Waals surface area contributed by atoms with Crippen molar-refractivity contribution in [2.45, 2.75) is 26.4 Å². The molecule has 2 aromatic rings.